The third-order valence-electron chi connectivity index (χ3n) is 1.04. The zero-order valence-electron chi connectivity index (χ0n) is 5.34. The Hall–Kier alpha value is -1.75. The van der Waals surface area contributed by atoms with Gasteiger partial charge in [0.25, 0.3) is 0 Å². The van der Waals surface area contributed by atoms with E-state index in [0.29, 0.717) is 5.72 Å². The lowest BCUT2D eigenvalue weighted by molar-refractivity contribution is 1.34. The van der Waals surface area contributed by atoms with Crippen LogP contribution in [0.1, 0.15) is 11.4 Å². The van der Waals surface area contributed by atoms with Crippen molar-refractivity contribution in [3.8, 4) is 12.1 Å². The topological polar surface area (TPSA) is 76.3 Å². The molecule has 1 N–H and O–H groups in total. The lowest BCUT2D eigenvalue weighted by atomic mass is 10.1. The van der Waals surface area contributed by atoms with E-state index in [0.717, 1.165) is 0 Å². The molecular weight excluding hydrogens is 127 g/mol. The van der Waals surface area contributed by atoms with E-state index in [1.165, 1.54) is 0 Å². The molecule has 1 heterocycles. The molecule has 1 rings (SSSR count). The number of aromatic nitrogens is 2. The largest absolute Gasteiger partial charge is 0.341 e. The SMILES string of the molecule is Bc1nc(C#N)c(C#N)[nH]1. The second-order valence-corrected chi connectivity index (χ2v) is 1.77. The van der Waals surface area contributed by atoms with Crippen LogP contribution in [0.15, 0.2) is 0 Å². The van der Waals surface area contributed by atoms with E-state index in [1.807, 2.05) is 6.07 Å². The van der Waals surface area contributed by atoms with Crippen molar-refractivity contribution < 1.29 is 0 Å². The summed E-state index contributed by atoms with van der Waals surface area (Å²) in [4.78, 5) is 6.41. The number of rotatable bonds is 0. The van der Waals surface area contributed by atoms with E-state index in [9.17, 15) is 0 Å². The predicted molar refractivity (Wildman–Crippen MR) is 36.2 cm³/mol. The first-order valence-electron chi connectivity index (χ1n) is 2.64. The molecule has 0 aliphatic carbocycles. The standard InChI is InChI=1S/C5H3BN4/c6-5-9-3(1-7)4(2-8)10-5/h6H2,(H,9,10). The average Bonchev–Trinajstić information content (AvgIpc) is 2.30. The number of hydrogen-bond donors (Lipinski definition) is 1. The normalized spacial score (nSPS) is 8.20. The maximum Gasteiger partial charge on any atom is 0.186 e. The third kappa shape index (κ3) is 0.850. The Morgan fingerprint density at radius 2 is 2.10 bits per heavy atom. The number of nitrogens with one attached hydrogen (secondary N) is 1. The Bertz CT molecular complexity index is 295. The van der Waals surface area contributed by atoms with Gasteiger partial charge in [0, 0.05) is 0 Å². The van der Waals surface area contributed by atoms with Gasteiger partial charge in [0.2, 0.25) is 0 Å². The van der Waals surface area contributed by atoms with Gasteiger partial charge in [-0.3, -0.25) is 0 Å². The van der Waals surface area contributed by atoms with Crippen molar-refractivity contribution in [1.82, 2.24) is 9.97 Å². The summed E-state index contributed by atoms with van der Waals surface area (Å²) in [7, 11) is 1.70. The first-order chi connectivity index (χ1) is 4.77. The summed E-state index contributed by atoms with van der Waals surface area (Å²) in [5.41, 5.74) is 0.994. The van der Waals surface area contributed by atoms with Gasteiger partial charge in [-0.1, -0.05) is 0 Å². The van der Waals surface area contributed by atoms with Gasteiger partial charge in [0.05, 0.1) is 5.72 Å². The molecule has 0 bridgehead atoms. The molecule has 46 valence electrons. The van der Waals surface area contributed by atoms with Crippen LogP contribution in [-0.4, -0.2) is 17.8 Å². The van der Waals surface area contributed by atoms with Crippen LogP contribution in [0.3, 0.4) is 0 Å². The van der Waals surface area contributed by atoms with Gasteiger partial charge in [-0.15, -0.1) is 0 Å². The van der Waals surface area contributed by atoms with Crippen LogP contribution in [0.5, 0.6) is 0 Å². The van der Waals surface area contributed by atoms with E-state index >= 15 is 0 Å². The predicted octanol–water partition coefficient (Wildman–Crippen LogP) is -1.59. The molecule has 0 unspecified atom stereocenters. The highest BCUT2D eigenvalue weighted by Gasteiger charge is 2.04. The molecule has 0 aliphatic heterocycles. The molecule has 0 aromatic carbocycles. The zero-order valence-corrected chi connectivity index (χ0v) is 5.34. The average molecular weight is 130 g/mol. The van der Waals surface area contributed by atoms with Crippen molar-refractivity contribution in [2.24, 2.45) is 0 Å². The Kier molecular flexibility index (Phi) is 1.43. The van der Waals surface area contributed by atoms with E-state index in [-0.39, 0.29) is 11.4 Å². The molecule has 4 nitrogen and oxygen atoms in total. The molecule has 1 aromatic rings. The second kappa shape index (κ2) is 2.24. The van der Waals surface area contributed by atoms with Crippen LogP contribution in [0.2, 0.25) is 0 Å². The van der Waals surface area contributed by atoms with Crippen LogP contribution >= 0.6 is 0 Å². The number of hydrogen-bond acceptors (Lipinski definition) is 3. The number of nitrogens with zero attached hydrogens (tertiary/aromatic N) is 3. The highest BCUT2D eigenvalue weighted by atomic mass is 14.9. The molecule has 0 saturated heterocycles. The number of H-pyrrole nitrogens is 1. The summed E-state index contributed by atoms with van der Waals surface area (Å²) >= 11 is 0. The lowest BCUT2D eigenvalue weighted by Gasteiger charge is -1.73. The van der Waals surface area contributed by atoms with Crippen LogP contribution in [-0.2, 0) is 0 Å². The first-order valence-corrected chi connectivity index (χ1v) is 2.64. The Labute approximate surface area is 58.5 Å². The first kappa shape index (κ1) is 6.38. The molecular formula is C5H3BN4. The fourth-order valence-electron chi connectivity index (χ4n) is 0.653. The molecule has 0 amide bonds. The Morgan fingerprint density at radius 1 is 1.40 bits per heavy atom. The molecule has 0 saturated carbocycles. The summed E-state index contributed by atoms with van der Waals surface area (Å²) in [5.74, 6) is 0. The molecule has 10 heavy (non-hydrogen) atoms. The fraction of sp³-hybridized carbons (Fsp3) is 0. The highest BCUT2D eigenvalue weighted by molar-refractivity contribution is 6.29. The van der Waals surface area contributed by atoms with Crippen molar-refractivity contribution in [3.63, 3.8) is 0 Å². The molecule has 5 heteroatoms. The van der Waals surface area contributed by atoms with Gasteiger partial charge >= 0.3 is 0 Å². The molecule has 0 fully saturated rings. The molecule has 1 aromatic heterocycles. The maximum atomic E-state index is 8.39. The van der Waals surface area contributed by atoms with E-state index in [4.69, 9.17) is 10.5 Å². The smallest absolute Gasteiger partial charge is 0.186 e. The highest BCUT2D eigenvalue weighted by Crippen LogP contribution is 1.94. The maximum absolute atomic E-state index is 8.39. The van der Waals surface area contributed by atoms with Gasteiger partial charge in [-0.05, 0) is 0 Å². The third-order valence-corrected chi connectivity index (χ3v) is 1.04. The molecule has 0 atom stereocenters. The van der Waals surface area contributed by atoms with Crippen molar-refractivity contribution in [1.29, 1.82) is 10.5 Å². The monoisotopic (exact) mass is 130 g/mol. The lowest BCUT2D eigenvalue weighted by Crippen LogP contribution is -2.05. The quantitative estimate of drug-likeness (QED) is 0.430. The summed E-state index contributed by atoms with van der Waals surface area (Å²) in [6.07, 6.45) is 0. The Balaban J connectivity index is 3.28. The van der Waals surface area contributed by atoms with Crippen LogP contribution < -0.4 is 5.72 Å². The number of nitriles is 2. The summed E-state index contributed by atoms with van der Waals surface area (Å²) in [5, 5.41) is 16.8. The number of imidazole rings is 1. The molecule has 0 aliphatic rings. The van der Waals surface area contributed by atoms with E-state index in [2.05, 4.69) is 9.97 Å². The summed E-state index contributed by atoms with van der Waals surface area (Å²) < 4.78 is 0. The summed E-state index contributed by atoms with van der Waals surface area (Å²) in [6, 6.07) is 3.63. The van der Waals surface area contributed by atoms with Gasteiger partial charge in [0.15, 0.2) is 19.2 Å². The summed E-state index contributed by atoms with van der Waals surface area (Å²) in [6.45, 7) is 0. The van der Waals surface area contributed by atoms with Gasteiger partial charge < -0.3 is 4.98 Å². The van der Waals surface area contributed by atoms with Crippen molar-refractivity contribution >= 4 is 13.6 Å². The van der Waals surface area contributed by atoms with E-state index < -0.39 is 0 Å². The van der Waals surface area contributed by atoms with Gasteiger partial charge in [-0.25, -0.2) is 4.98 Å². The van der Waals surface area contributed by atoms with Crippen LogP contribution in [0.4, 0.5) is 0 Å². The Morgan fingerprint density at radius 3 is 2.50 bits per heavy atom. The van der Waals surface area contributed by atoms with E-state index in [1.54, 1.807) is 13.9 Å². The minimum atomic E-state index is 0.167. The zero-order chi connectivity index (χ0) is 7.56. The number of aromatic amines is 1. The van der Waals surface area contributed by atoms with Crippen molar-refractivity contribution in [2.75, 3.05) is 0 Å². The van der Waals surface area contributed by atoms with Crippen LogP contribution in [0, 0.1) is 22.7 Å². The van der Waals surface area contributed by atoms with Crippen LogP contribution in [0.25, 0.3) is 0 Å². The van der Waals surface area contributed by atoms with Crippen molar-refractivity contribution in [2.45, 2.75) is 0 Å². The second-order valence-electron chi connectivity index (χ2n) is 1.77. The fourth-order valence-corrected chi connectivity index (χ4v) is 0.653. The van der Waals surface area contributed by atoms with Gasteiger partial charge in [0.1, 0.15) is 12.1 Å². The minimum Gasteiger partial charge on any atom is -0.341 e. The van der Waals surface area contributed by atoms with Gasteiger partial charge in [-0.2, -0.15) is 10.5 Å². The molecule has 0 spiro atoms. The molecule has 0 radical (unpaired) electrons. The minimum absolute atomic E-state index is 0.167. The van der Waals surface area contributed by atoms with Crippen molar-refractivity contribution in [3.05, 3.63) is 11.4 Å².